The molecular formula is C24H23N2O9P. The van der Waals surface area contributed by atoms with Gasteiger partial charge >= 0.3 is 13.5 Å². The quantitative estimate of drug-likeness (QED) is 0.333. The van der Waals surface area contributed by atoms with Crippen LogP contribution in [0.5, 0.6) is 11.5 Å². The molecule has 0 saturated carbocycles. The van der Waals surface area contributed by atoms with Crippen molar-refractivity contribution in [3.8, 4) is 22.6 Å². The van der Waals surface area contributed by atoms with E-state index >= 15 is 0 Å². The number of nitrogens with one attached hydrogen (secondary N) is 1. The number of phosphoric ester groups is 1. The van der Waals surface area contributed by atoms with E-state index in [1.165, 1.54) is 10.8 Å². The number of ether oxygens (including phenoxy) is 1. The average Bonchev–Trinajstić information content (AvgIpc) is 3.34. The standard InChI is InChI=1S/C24H23N2O9P/c1-14-10-26(24(30)25-23(14)29)20-9-8-17(34-20)13-33-36(31)32-12-16-5-3-7-19(22(16)35-36)18-6-2-4-15(11-27)21(18)28/h2-10,17,20,27-28H,11-13H2,1H3,(H,25,29,30)/t17-,20+,36-/m0/s1. The lowest BCUT2D eigenvalue weighted by atomic mass is 9.98. The number of benzene rings is 2. The van der Waals surface area contributed by atoms with Gasteiger partial charge in [-0.05, 0) is 13.0 Å². The Labute approximate surface area is 204 Å². The second-order valence-electron chi connectivity index (χ2n) is 8.30. The number of aliphatic hydroxyl groups is 1. The first kappa shape index (κ1) is 24.2. The van der Waals surface area contributed by atoms with Gasteiger partial charge in [0.2, 0.25) is 0 Å². The Hall–Kier alpha value is -3.47. The van der Waals surface area contributed by atoms with Gasteiger partial charge in [-0.1, -0.05) is 42.5 Å². The van der Waals surface area contributed by atoms with E-state index in [2.05, 4.69) is 4.98 Å². The van der Waals surface area contributed by atoms with Gasteiger partial charge in [0.25, 0.3) is 5.56 Å². The molecule has 0 radical (unpaired) electrons. The lowest BCUT2D eigenvalue weighted by Crippen LogP contribution is -2.33. The van der Waals surface area contributed by atoms with Gasteiger partial charge in [-0.15, -0.1) is 0 Å². The first-order chi connectivity index (χ1) is 17.3. The molecule has 0 amide bonds. The van der Waals surface area contributed by atoms with E-state index in [1.807, 2.05) is 0 Å². The SMILES string of the molecule is Cc1cn([C@H]2C=C[C@@H](CO[P@]3(=O)OCc4cccc(-c5cccc(CO)c5O)c4O3)O2)c(=O)[nH]c1=O. The molecule has 0 fully saturated rings. The van der Waals surface area contributed by atoms with Crippen molar-refractivity contribution in [1.29, 1.82) is 0 Å². The predicted octanol–water partition coefficient (Wildman–Crippen LogP) is 2.90. The van der Waals surface area contributed by atoms with Gasteiger partial charge < -0.3 is 19.5 Å². The van der Waals surface area contributed by atoms with Crippen molar-refractivity contribution in [3.05, 3.63) is 92.3 Å². The molecule has 12 heteroatoms. The maximum Gasteiger partial charge on any atom is 0.530 e. The molecule has 188 valence electrons. The Kier molecular flexibility index (Phi) is 6.42. The molecule has 0 spiro atoms. The van der Waals surface area contributed by atoms with Gasteiger partial charge in [0.1, 0.15) is 17.6 Å². The zero-order chi connectivity index (χ0) is 25.4. The number of aliphatic hydroxyl groups excluding tert-OH is 1. The minimum Gasteiger partial charge on any atom is -0.507 e. The zero-order valence-electron chi connectivity index (χ0n) is 19.1. The van der Waals surface area contributed by atoms with Crippen molar-refractivity contribution >= 4 is 7.82 Å². The van der Waals surface area contributed by atoms with Crippen LogP contribution in [0.3, 0.4) is 0 Å². The Balaban J connectivity index is 1.31. The summed E-state index contributed by atoms with van der Waals surface area (Å²) in [5, 5.41) is 20.1. The van der Waals surface area contributed by atoms with Crippen molar-refractivity contribution in [2.75, 3.05) is 6.61 Å². The Morgan fingerprint density at radius 2 is 1.94 bits per heavy atom. The van der Waals surface area contributed by atoms with Crippen LogP contribution in [-0.2, 0) is 31.6 Å². The molecule has 2 aromatic carbocycles. The van der Waals surface area contributed by atoms with Crippen LogP contribution in [0.15, 0.2) is 64.3 Å². The summed E-state index contributed by atoms with van der Waals surface area (Å²) in [6.45, 7) is 0.991. The van der Waals surface area contributed by atoms with Crippen LogP contribution in [0, 0.1) is 6.92 Å². The number of aryl methyl sites for hydroxylation is 1. The first-order valence-corrected chi connectivity index (χ1v) is 12.5. The van der Waals surface area contributed by atoms with Gasteiger partial charge in [-0.2, -0.15) is 0 Å². The predicted molar refractivity (Wildman–Crippen MR) is 128 cm³/mol. The van der Waals surface area contributed by atoms with E-state index in [0.717, 1.165) is 0 Å². The van der Waals surface area contributed by atoms with Crippen molar-refractivity contribution in [2.45, 2.75) is 32.5 Å². The van der Waals surface area contributed by atoms with Crippen molar-refractivity contribution < 1.29 is 33.1 Å². The normalized spacial score (nSPS) is 22.8. The van der Waals surface area contributed by atoms with Crippen LogP contribution < -0.4 is 15.8 Å². The number of hydrogen-bond acceptors (Lipinski definition) is 9. The van der Waals surface area contributed by atoms with E-state index < -0.39 is 31.4 Å². The van der Waals surface area contributed by atoms with Gasteiger partial charge in [-0.25, -0.2) is 9.36 Å². The molecule has 0 aliphatic carbocycles. The number of para-hydroxylation sites is 2. The fraction of sp³-hybridized carbons (Fsp3) is 0.250. The van der Waals surface area contributed by atoms with E-state index in [1.54, 1.807) is 55.5 Å². The highest BCUT2D eigenvalue weighted by Gasteiger charge is 2.37. The molecule has 3 heterocycles. The number of nitrogens with zero attached hydrogens (tertiary/aromatic N) is 1. The van der Waals surface area contributed by atoms with Gasteiger partial charge in [0.15, 0.2) is 6.23 Å². The zero-order valence-corrected chi connectivity index (χ0v) is 20.0. The maximum atomic E-state index is 13.3. The lowest BCUT2D eigenvalue weighted by molar-refractivity contribution is -0.0130. The molecular weight excluding hydrogens is 491 g/mol. The van der Waals surface area contributed by atoms with Gasteiger partial charge in [0, 0.05) is 34.0 Å². The fourth-order valence-corrected chi connectivity index (χ4v) is 5.23. The first-order valence-electron chi connectivity index (χ1n) is 11.1. The molecule has 2 aliphatic rings. The monoisotopic (exact) mass is 514 g/mol. The number of aromatic nitrogens is 2. The van der Waals surface area contributed by atoms with Crippen LogP contribution in [0.1, 0.15) is 22.9 Å². The molecule has 0 bridgehead atoms. The minimum absolute atomic E-state index is 0.0447. The summed E-state index contributed by atoms with van der Waals surface area (Å²) in [7, 11) is -4.06. The Morgan fingerprint density at radius 1 is 1.17 bits per heavy atom. The summed E-state index contributed by atoms with van der Waals surface area (Å²) in [6, 6.07) is 10.1. The number of fused-ring (bicyclic) bond motifs is 1. The number of phosphoric acid groups is 1. The van der Waals surface area contributed by atoms with Crippen molar-refractivity contribution in [3.63, 3.8) is 0 Å². The number of rotatable bonds is 6. The molecule has 11 nitrogen and oxygen atoms in total. The molecule has 3 atom stereocenters. The number of aromatic hydroxyl groups is 1. The summed E-state index contributed by atoms with van der Waals surface area (Å²) in [4.78, 5) is 25.9. The highest BCUT2D eigenvalue weighted by Crippen LogP contribution is 2.57. The number of H-pyrrole nitrogens is 1. The molecule has 0 saturated heterocycles. The van der Waals surface area contributed by atoms with Crippen molar-refractivity contribution in [2.24, 2.45) is 0 Å². The van der Waals surface area contributed by atoms with E-state index in [9.17, 15) is 24.4 Å². The number of hydrogen-bond donors (Lipinski definition) is 3. The third-order valence-corrected chi connectivity index (χ3v) is 7.20. The number of aromatic amines is 1. The van der Waals surface area contributed by atoms with Gasteiger partial charge in [-0.3, -0.25) is 23.4 Å². The van der Waals surface area contributed by atoms with E-state index in [-0.39, 0.29) is 31.3 Å². The Bertz CT molecular complexity index is 1510. The summed E-state index contributed by atoms with van der Waals surface area (Å²) in [6.07, 6.45) is 3.23. The highest BCUT2D eigenvalue weighted by atomic mass is 31.2. The second kappa shape index (κ2) is 9.53. The fourth-order valence-electron chi connectivity index (χ4n) is 3.99. The minimum atomic E-state index is -4.06. The molecule has 3 N–H and O–H groups in total. The molecule has 2 aliphatic heterocycles. The largest absolute Gasteiger partial charge is 0.530 e. The summed E-state index contributed by atoms with van der Waals surface area (Å²) >= 11 is 0. The van der Waals surface area contributed by atoms with E-state index in [0.29, 0.717) is 27.8 Å². The third-order valence-electron chi connectivity index (χ3n) is 5.88. The van der Waals surface area contributed by atoms with Crippen LogP contribution in [0.4, 0.5) is 0 Å². The lowest BCUT2D eigenvalue weighted by Gasteiger charge is -2.27. The molecule has 5 rings (SSSR count). The van der Waals surface area contributed by atoms with Gasteiger partial charge in [0.05, 0.1) is 19.8 Å². The van der Waals surface area contributed by atoms with Crippen LogP contribution in [0.2, 0.25) is 0 Å². The second-order valence-corrected chi connectivity index (χ2v) is 9.89. The topological polar surface area (TPSA) is 149 Å². The number of phenols is 1. The summed E-state index contributed by atoms with van der Waals surface area (Å²) in [5.41, 5.74) is 1.08. The van der Waals surface area contributed by atoms with E-state index in [4.69, 9.17) is 18.3 Å². The highest BCUT2D eigenvalue weighted by molar-refractivity contribution is 7.49. The van der Waals surface area contributed by atoms with Crippen LogP contribution in [0.25, 0.3) is 11.1 Å². The summed E-state index contributed by atoms with van der Waals surface area (Å²) in [5.74, 6) is 0.135. The molecule has 3 aromatic rings. The average molecular weight is 514 g/mol. The Morgan fingerprint density at radius 3 is 2.75 bits per heavy atom. The third kappa shape index (κ3) is 4.55. The molecule has 0 unspecified atom stereocenters. The molecule has 1 aromatic heterocycles. The van der Waals surface area contributed by atoms with Crippen LogP contribution in [-0.4, -0.2) is 32.5 Å². The van der Waals surface area contributed by atoms with Crippen molar-refractivity contribution in [1.82, 2.24) is 9.55 Å². The molecule has 36 heavy (non-hydrogen) atoms. The summed E-state index contributed by atoms with van der Waals surface area (Å²) < 4.78 is 37.0. The van der Waals surface area contributed by atoms with Crippen LogP contribution >= 0.6 is 7.82 Å². The maximum absolute atomic E-state index is 13.3. The smallest absolute Gasteiger partial charge is 0.507 e.